The summed E-state index contributed by atoms with van der Waals surface area (Å²) in [6.45, 7) is 2.83. The van der Waals surface area contributed by atoms with Gasteiger partial charge in [0.2, 0.25) is 0 Å². The third-order valence-electron chi connectivity index (χ3n) is 4.25. The Labute approximate surface area is 198 Å². The van der Waals surface area contributed by atoms with E-state index in [0.717, 1.165) is 20.1 Å². The normalized spacial score (nSPS) is 11.1. The molecule has 30 heavy (non-hydrogen) atoms. The number of ether oxygens (including phenoxy) is 2. The van der Waals surface area contributed by atoms with Crippen molar-refractivity contribution in [3.8, 4) is 17.6 Å². The van der Waals surface area contributed by atoms with Gasteiger partial charge in [-0.1, -0.05) is 73.8 Å². The van der Waals surface area contributed by atoms with Gasteiger partial charge in [0, 0.05) is 19.5 Å². The minimum atomic E-state index is 0.415. The summed E-state index contributed by atoms with van der Waals surface area (Å²) in [6, 6.07) is 21.2. The number of rotatable bonds is 7. The fourth-order valence-electron chi connectivity index (χ4n) is 2.79. The number of halogens is 3. The zero-order chi connectivity index (χ0) is 21.5. The number of allylic oxidation sites excluding steroid dienone is 1. The molecule has 0 saturated carbocycles. The van der Waals surface area contributed by atoms with E-state index in [4.69, 9.17) is 21.1 Å². The SMILES string of the molecule is CCOc1cc(C=C(C#N)c2ccccc2Cl)c(Br)cc1OCc1ccc(Br)cc1. The molecule has 0 radical (unpaired) electrons. The van der Waals surface area contributed by atoms with Crippen LogP contribution in [0.25, 0.3) is 11.6 Å². The van der Waals surface area contributed by atoms with Crippen LogP contribution in [-0.4, -0.2) is 6.61 Å². The molecule has 0 aliphatic heterocycles. The molecule has 3 aromatic carbocycles. The maximum absolute atomic E-state index is 9.66. The van der Waals surface area contributed by atoms with Gasteiger partial charge in [-0.05, 0) is 54.5 Å². The second kappa shape index (κ2) is 10.7. The van der Waals surface area contributed by atoms with Gasteiger partial charge in [0.1, 0.15) is 6.61 Å². The highest BCUT2D eigenvalue weighted by Gasteiger charge is 2.13. The van der Waals surface area contributed by atoms with E-state index in [2.05, 4.69) is 37.9 Å². The Bertz CT molecular complexity index is 1110. The summed E-state index contributed by atoms with van der Waals surface area (Å²) < 4.78 is 13.6. The third kappa shape index (κ3) is 5.66. The molecule has 0 unspecified atom stereocenters. The van der Waals surface area contributed by atoms with Gasteiger partial charge in [0.25, 0.3) is 0 Å². The van der Waals surface area contributed by atoms with Crippen LogP contribution in [-0.2, 0) is 6.61 Å². The monoisotopic (exact) mass is 545 g/mol. The smallest absolute Gasteiger partial charge is 0.162 e. The molecule has 3 rings (SSSR count). The molecule has 152 valence electrons. The Morgan fingerprint density at radius 3 is 2.40 bits per heavy atom. The number of hydrogen-bond acceptors (Lipinski definition) is 3. The van der Waals surface area contributed by atoms with E-state index in [9.17, 15) is 5.26 Å². The van der Waals surface area contributed by atoms with E-state index in [1.807, 2.05) is 61.5 Å². The minimum absolute atomic E-state index is 0.415. The molecule has 0 fully saturated rings. The summed E-state index contributed by atoms with van der Waals surface area (Å²) in [7, 11) is 0. The first-order chi connectivity index (χ1) is 14.5. The average molecular weight is 548 g/mol. The summed E-state index contributed by atoms with van der Waals surface area (Å²) in [6.07, 6.45) is 1.78. The lowest BCUT2D eigenvalue weighted by Crippen LogP contribution is -2.00. The van der Waals surface area contributed by atoms with Crippen molar-refractivity contribution < 1.29 is 9.47 Å². The zero-order valence-corrected chi connectivity index (χ0v) is 20.1. The molecule has 0 aliphatic carbocycles. The largest absolute Gasteiger partial charge is 0.490 e. The molecule has 0 N–H and O–H groups in total. The van der Waals surface area contributed by atoms with Gasteiger partial charge in [-0.2, -0.15) is 5.26 Å². The predicted molar refractivity (Wildman–Crippen MR) is 129 cm³/mol. The lowest BCUT2D eigenvalue weighted by molar-refractivity contribution is 0.269. The van der Waals surface area contributed by atoms with Crippen LogP contribution in [0.1, 0.15) is 23.6 Å². The van der Waals surface area contributed by atoms with Crippen LogP contribution in [0, 0.1) is 11.3 Å². The van der Waals surface area contributed by atoms with Crippen molar-refractivity contribution in [1.82, 2.24) is 0 Å². The molecule has 3 nitrogen and oxygen atoms in total. The standard InChI is InChI=1S/C24H18Br2ClNO2/c1-2-29-23-12-17(11-18(14-28)20-5-3-4-6-22(20)27)21(26)13-24(23)30-15-16-7-9-19(25)10-8-16/h3-13H,2,15H2,1H3. The van der Waals surface area contributed by atoms with Crippen molar-refractivity contribution in [3.05, 3.63) is 91.3 Å². The van der Waals surface area contributed by atoms with Crippen LogP contribution in [0.3, 0.4) is 0 Å². The van der Waals surface area contributed by atoms with E-state index >= 15 is 0 Å². The van der Waals surface area contributed by atoms with Crippen LogP contribution in [0.2, 0.25) is 5.02 Å². The summed E-state index contributed by atoms with van der Waals surface area (Å²) in [5.41, 5.74) is 2.99. The minimum Gasteiger partial charge on any atom is -0.490 e. The molecular weight excluding hydrogens is 530 g/mol. The summed E-state index contributed by atoms with van der Waals surface area (Å²) >= 11 is 13.3. The molecule has 0 aliphatic rings. The maximum Gasteiger partial charge on any atom is 0.162 e. The first kappa shape index (κ1) is 22.4. The second-order valence-electron chi connectivity index (χ2n) is 6.32. The number of nitriles is 1. The third-order valence-corrected chi connectivity index (χ3v) is 5.80. The molecule has 6 heteroatoms. The maximum atomic E-state index is 9.66. The molecular formula is C24H18Br2ClNO2. The number of benzene rings is 3. The number of hydrogen-bond donors (Lipinski definition) is 0. The van der Waals surface area contributed by atoms with Crippen LogP contribution in [0.5, 0.6) is 11.5 Å². The van der Waals surface area contributed by atoms with Crippen LogP contribution < -0.4 is 9.47 Å². The van der Waals surface area contributed by atoms with E-state index in [0.29, 0.717) is 40.9 Å². The molecule has 0 aromatic heterocycles. The van der Waals surface area contributed by atoms with Gasteiger partial charge < -0.3 is 9.47 Å². The van der Waals surface area contributed by atoms with Crippen molar-refractivity contribution in [1.29, 1.82) is 5.26 Å². The first-order valence-electron chi connectivity index (χ1n) is 9.22. The topological polar surface area (TPSA) is 42.2 Å². The van der Waals surface area contributed by atoms with Gasteiger partial charge >= 0.3 is 0 Å². The van der Waals surface area contributed by atoms with Crippen LogP contribution in [0.15, 0.2) is 69.6 Å². The summed E-state index contributed by atoms with van der Waals surface area (Å²) in [5.74, 6) is 1.24. The highest BCUT2D eigenvalue weighted by atomic mass is 79.9. The van der Waals surface area contributed by atoms with Crippen molar-refractivity contribution >= 4 is 55.1 Å². The van der Waals surface area contributed by atoms with Crippen LogP contribution >= 0.6 is 43.5 Å². The summed E-state index contributed by atoms with van der Waals surface area (Å²) in [4.78, 5) is 0. The molecule has 0 spiro atoms. The van der Waals surface area contributed by atoms with Crippen molar-refractivity contribution in [3.63, 3.8) is 0 Å². The Morgan fingerprint density at radius 2 is 1.73 bits per heavy atom. The van der Waals surface area contributed by atoms with E-state index in [1.165, 1.54) is 0 Å². The molecule has 0 heterocycles. The van der Waals surface area contributed by atoms with Crippen molar-refractivity contribution in [2.75, 3.05) is 6.61 Å². The van der Waals surface area contributed by atoms with Gasteiger partial charge in [0.05, 0.1) is 18.2 Å². The lowest BCUT2D eigenvalue weighted by atomic mass is 10.0. The van der Waals surface area contributed by atoms with E-state index in [-0.39, 0.29) is 0 Å². The molecule has 0 amide bonds. The fourth-order valence-corrected chi connectivity index (χ4v) is 3.73. The number of nitrogens with zero attached hydrogens (tertiary/aromatic N) is 1. The van der Waals surface area contributed by atoms with Gasteiger partial charge in [-0.25, -0.2) is 0 Å². The molecule has 0 saturated heterocycles. The first-order valence-corrected chi connectivity index (χ1v) is 11.2. The second-order valence-corrected chi connectivity index (χ2v) is 8.50. The Balaban J connectivity index is 1.93. The lowest BCUT2D eigenvalue weighted by Gasteiger charge is -2.14. The Morgan fingerprint density at radius 1 is 1.03 bits per heavy atom. The Kier molecular flexibility index (Phi) is 7.98. The molecule has 0 bridgehead atoms. The molecule has 3 aromatic rings. The van der Waals surface area contributed by atoms with Gasteiger partial charge in [-0.3, -0.25) is 0 Å². The van der Waals surface area contributed by atoms with E-state index in [1.54, 1.807) is 12.1 Å². The van der Waals surface area contributed by atoms with Crippen molar-refractivity contribution in [2.24, 2.45) is 0 Å². The quantitative estimate of drug-likeness (QED) is 0.223. The Hall–Kier alpha value is -2.26. The van der Waals surface area contributed by atoms with Gasteiger partial charge in [-0.15, -0.1) is 0 Å². The van der Waals surface area contributed by atoms with E-state index < -0.39 is 0 Å². The fraction of sp³-hybridized carbons (Fsp3) is 0.125. The highest BCUT2D eigenvalue weighted by Crippen LogP contribution is 2.36. The summed E-state index contributed by atoms with van der Waals surface area (Å²) in [5, 5.41) is 10.2. The van der Waals surface area contributed by atoms with Crippen LogP contribution in [0.4, 0.5) is 0 Å². The predicted octanol–water partition coefficient (Wildman–Crippen LogP) is 7.91. The van der Waals surface area contributed by atoms with Gasteiger partial charge in [0.15, 0.2) is 11.5 Å². The zero-order valence-electron chi connectivity index (χ0n) is 16.2. The van der Waals surface area contributed by atoms with Crippen molar-refractivity contribution in [2.45, 2.75) is 13.5 Å². The average Bonchev–Trinajstić information content (AvgIpc) is 2.74. The highest BCUT2D eigenvalue weighted by molar-refractivity contribution is 9.10. The molecule has 0 atom stereocenters.